The number of ether oxygens (including phenoxy) is 1. The van der Waals surface area contributed by atoms with Crippen molar-refractivity contribution in [1.82, 2.24) is 0 Å². The van der Waals surface area contributed by atoms with Crippen LogP contribution in [-0.4, -0.2) is 35.2 Å². The van der Waals surface area contributed by atoms with Crippen molar-refractivity contribution in [2.24, 2.45) is 5.92 Å². The molecule has 8 nitrogen and oxygen atoms in total. The van der Waals surface area contributed by atoms with Crippen LogP contribution >= 0.6 is 11.3 Å². The summed E-state index contributed by atoms with van der Waals surface area (Å²) in [7, 11) is 0. The molecule has 0 aromatic carbocycles. The van der Waals surface area contributed by atoms with Gasteiger partial charge in [-0.1, -0.05) is 0 Å². The van der Waals surface area contributed by atoms with E-state index in [9.17, 15) is 24.5 Å². The summed E-state index contributed by atoms with van der Waals surface area (Å²) < 4.78 is 4.96. The Kier molecular flexibility index (Phi) is 4.79. The smallest absolute Gasteiger partial charge is 0.341 e. The number of carbonyl (C=O) groups is 3. The fourth-order valence-corrected chi connectivity index (χ4v) is 3.38. The van der Waals surface area contributed by atoms with Gasteiger partial charge in [0, 0.05) is 11.3 Å². The number of hydrogen-bond donors (Lipinski definition) is 1. The normalized spacial score (nSPS) is 19.1. The van der Waals surface area contributed by atoms with E-state index in [-0.39, 0.29) is 29.4 Å². The number of Topliss-reactive ketones (excluding diaryl/α,β-unsaturated/α-hetero) is 1. The quantitative estimate of drug-likeness (QED) is 0.367. The molecule has 2 atom stereocenters. The molecule has 1 aromatic heterocycles. The molecule has 1 aliphatic rings. The van der Waals surface area contributed by atoms with E-state index in [1.54, 1.807) is 13.8 Å². The lowest BCUT2D eigenvalue weighted by atomic mass is 10.1. The van der Waals surface area contributed by atoms with Crippen LogP contribution in [-0.2, 0) is 9.53 Å². The standard InChI is InChI=1S/C14H16N2O6S/c1-4-22-14(19)10-6(2)11(7(3)17)23-13(10)15-12(18)8-5-9(8)16(20)21/h8-9H,4-5H2,1-3H3,(H,15,18)/t8-,9+/m0/s1. The van der Waals surface area contributed by atoms with Crippen molar-refractivity contribution in [3.8, 4) is 0 Å². The third-order valence-corrected chi connectivity index (χ3v) is 4.86. The van der Waals surface area contributed by atoms with Gasteiger partial charge < -0.3 is 10.1 Å². The van der Waals surface area contributed by atoms with Gasteiger partial charge in [0.25, 0.3) is 0 Å². The molecule has 1 saturated carbocycles. The minimum Gasteiger partial charge on any atom is -0.462 e. The van der Waals surface area contributed by atoms with Gasteiger partial charge in [0.05, 0.1) is 17.0 Å². The number of nitrogens with one attached hydrogen (secondary N) is 1. The van der Waals surface area contributed by atoms with Crippen molar-refractivity contribution < 1.29 is 24.0 Å². The summed E-state index contributed by atoms with van der Waals surface area (Å²) in [6.07, 6.45) is 0.178. The lowest BCUT2D eigenvalue weighted by Crippen LogP contribution is -2.19. The third kappa shape index (κ3) is 3.39. The molecule has 1 aliphatic carbocycles. The molecule has 1 amide bonds. The molecule has 9 heteroatoms. The molecule has 2 rings (SSSR count). The topological polar surface area (TPSA) is 116 Å². The predicted octanol–water partition coefficient (Wildman–Crippen LogP) is 2.04. The number of thiophene rings is 1. The molecule has 0 spiro atoms. The highest BCUT2D eigenvalue weighted by Crippen LogP contribution is 2.38. The highest BCUT2D eigenvalue weighted by molar-refractivity contribution is 7.18. The molecule has 1 fully saturated rings. The number of nitrogens with zero attached hydrogens (tertiary/aromatic N) is 1. The summed E-state index contributed by atoms with van der Waals surface area (Å²) >= 11 is 0.979. The summed E-state index contributed by atoms with van der Waals surface area (Å²) in [5.41, 5.74) is 0.576. The van der Waals surface area contributed by atoms with Gasteiger partial charge in [0.15, 0.2) is 5.78 Å². The Morgan fingerprint density at radius 3 is 2.57 bits per heavy atom. The van der Waals surface area contributed by atoms with Crippen LogP contribution in [0.3, 0.4) is 0 Å². The molecule has 23 heavy (non-hydrogen) atoms. The van der Waals surface area contributed by atoms with Gasteiger partial charge in [-0.2, -0.15) is 0 Å². The SMILES string of the molecule is CCOC(=O)c1c(NC(=O)[C@H]2C[C@H]2[N+](=O)[O-])sc(C(C)=O)c1C. The number of amides is 1. The number of ketones is 1. The van der Waals surface area contributed by atoms with Crippen molar-refractivity contribution in [3.63, 3.8) is 0 Å². The second kappa shape index (κ2) is 6.45. The maximum absolute atomic E-state index is 12.1. The number of esters is 1. The van der Waals surface area contributed by atoms with E-state index in [0.717, 1.165) is 11.3 Å². The second-order valence-corrected chi connectivity index (χ2v) is 6.24. The molecule has 0 unspecified atom stereocenters. The first-order chi connectivity index (χ1) is 10.8. The van der Waals surface area contributed by atoms with E-state index < -0.39 is 28.8 Å². The molecule has 0 aliphatic heterocycles. The zero-order valence-electron chi connectivity index (χ0n) is 12.9. The van der Waals surface area contributed by atoms with Gasteiger partial charge in [-0.05, 0) is 26.3 Å². The first-order valence-electron chi connectivity index (χ1n) is 7.03. The number of rotatable bonds is 6. The lowest BCUT2D eigenvalue weighted by molar-refractivity contribution is -0.497. The van der Waals surface area contributed by atoms with Crippen LogP contribution in [0.15, 0.2) is 0 Å². The second-order valence-electron chi connectivity index (χ2n) is 5.22. The predicted molar refractivity (Wildman–Crippen MR) is 82.5 cm³/mol. The molecule has 0 saturated heterocycles. The van der Waals surface area contributed by atoms with Crippen molar-refractivity contribution >= 4 is 34.0 Å². The molecular weight excluding hydrogens is 324 g/mol. The Bertz CT molecular complexity index is 696. The van der Waals surface area contributed by atoms with Crippen LogP contribution < -0.4 is 5.32 Å². The molecule has 0 bridgehead atoms. The Hall–Kier alpha value is -2.29. The average molecular weight is 340 g/mol. The van der Waals surface area contributed by atoms with E-state index in [0.29, 0.717) is 10.4 Å². The van der Waals surface area contributed by atoms with Crippen LogP contribution in [0, 0.1) is 23.0 Å². The first kappa shape index (κ1) is 17.1. The molecule has 1 heterocycles. The zero-order valence-corrected chi connectivity index (χ0v) is 13.7. The fraction of sp³-hybridized carbons (Fsp3) is 0.500. The number of carbonyl (C=O) groups excluding carboxylic acids is 3. The highest BCUT2D eigenvalue weighted by Gasteiger charge is 2.53. The van der Waals surface area contributed by atoms with E-state index in [1.165, 1.54) is 6.92 Å². The van der Waals surface area contributed by atoms with Gasteiger partial charge in [-0.25, -0.2) is 4.79 Å². The largest absolute Gasteiger partial charge is 0.462 e. The molecule has 1 N–H and O–H groups in total. The molecule has 0 radical (unpaired) electrons. The van der Waals surface area contributed by atoms with Crippen molar-refractivity contribution in [1.29, 1.82) is 0 Å². The van der Waals surface area contributed by atoms with Crippen molar-refractivity contribution in [2.75, 3.05) is 11.9 Å². The number of hydrogen-bond acceptors (Lipinski definition) is 7. The van der Waals surface area contributed by atoms with Gasteiger partial charge >= 0.3 is 5.97 Å². The fourth-order valence-electron chi connectivity index (χ4n) is 2.29. The Morgan fingerprint density at radius 2 is 2.09 bits per heavy atom. The summed E-state index contributed by atoms with van der Waals surface area (Å²) in [4.78, 5) is 46.3. The van der Waals surface area contributed by atoms with Crippen LogP contribution in [0.4, 0.5) is 5.00 Å². The number of anilines is 1. The minimum absolute atomic E-state index is 0.133. The van der Waals surface area contributed by atoms with E-state index in [2.05, 4.69) is 5.32 Å². The monoisotopic (exact) mass is 340 g/mol. The molecule has 124 valence electrons. The minimum atomic E-state index is -0.880. The van der Waals surface area contributed by atoms with Gasteiger partial charge in [-0.3, -0.25) is 19.7 Å². The summed E-state index contributed by atoms with van der Waals surface area (Å²) in [6.45, 7) is 4.77. The van der Waals surface area contributed by atoms with Gasteiger partial charge in [0.1, 0.15) is 10.9 Å². The van der Waals surface area contributed by atoms with Crippen molar-refractivity contribution in [3.05, 3.63) is 26.1 Å². The first-order valence-corrected chi connectivity index (χ1v) is 7.85. The highest BCUT2D eigenvalue weighted by atomic mass is 32.1. The Morgan fingerprint density at radius 1 is 1.43 bits per heavy atom. The summed E-state index contributed by atoms with van der Waals surface area (Å²) in [6, 6.07) is -0.880. The lowest BCUT2D eigenvalue weighted by Gasteiger charge is -2.06. The van der Waals surface area contributed by atoms with E-state index in [1.807, 2.05) is 0 Å². The van der Waals surface area contributed by atoms with Gasteiger partial charge in [0.2, 0.25) is 11.9 Å². The van der Waals surface area contributed by atoms with E-state index >= 15 is 0 Å². The van der Waals surface area contributed by atoms with Crippen molar-refractivity contribution in [2.45, 2.75) is 33.2 Å². The van der Waals surface area contributed by atoms with Crippen LogP contribution in [0.2, 0.25) is 0 Å². The maximum atomic E-state index is 12.1. The maximum Gasteiger partial charge on any atom is 0.341 e. The van der Waals surface area contributed by atoms with Crippen LogP contribution in [0.25, 0.3) is 0 Å². The van der Waals surface area contributed by atoms with Crippen LogP contribution in [0.5, 0.6) is 0 Å². The van der Waals surface area contributed by atoms with E-state index in [4.69, 9.17) is 4.74 Å². The number of nitro groups is 1. The Labute approximate surface area is 136 Å². The zero-order chi connectivity index (χ0) is 17.3. The summed E-state index contributed by atoms with van der Waals surface area (Å²) in [5, 5.41) is 13.4. The Balaban J connectivity index is 2.28. The average Bonchev–Trinajstić information content (AvgIpc) is 3.19. The summed E-state index contributed by atoms with van der Waals surface area (Å²) in [5.74, 6) is -2.09. The van der Waals surface area contributed by atoms with Crippen LogP contribution in [0.1, 0.15) is 45.9 Å². The third-order valence-electron chi connectivity index (χ3n) is 3.55. The van der Waals surface area contributed by atoms with Gasteiger partial charge in [-0.15, -0.1) is 11.3 Å². The molecule has 1 aromatic rings. The molecular formula is C14H16N2O6S.